The fraction of sp³-hybridized carbons (Fsp3) is 0.188. The fourth-order valence-corrected chi connectivity index (χ4v) is 4.85. The molecule has 4 aromatic rings. The fourth-order valence-electron chi connectivity index (χ4n) is 4.85. The number of carbonyl (C=O) groups excluding carboxylic acids is 2. The van der Waals surface area contributed by atoms with Crippen molar-refractivity contribution in [3.05, 3.63) is 126 Å². The Kier molecular flexibility index (Phi) is 7.69. The summed E-state index contributed by atoms with van der Waals surface area (Å²) in [6.07, 6.45) is -0.107. The highest BCUT2D eigenvalue weighted by atomic mass is 16.5. The molecule has 0 radical (unpaired) electrons. The summed E-state index contributed by atoms with van der Waals surface area (Å²) in [7, 11) is 1.34. The summed E-state index contributed by atoms with van der Waals surface area (Å²) >= 11 is 0. The molecule has 0 saturated carbocycles. The molecular weight excluding hydrogens is 478 g/mol. The van der Waals surface area contributed by atoms with Crippen LogP contribution in [0, 0.1) is 0 Å². The quantitative estimate of drug-likeness (QED) is 0.281. The standard InChI is InChI=1S/C32H29NO5/c1-36-32(35)27-21-26(38-29-20-12-11-19-28(29)37-25-17-9-4-10-18-25)22-33(27)31(34)30(23-13-5-2-6-14-23)24-15-7-3-8-16-24/h2-20,26-27,30H,21-22H2,1H3/t26-,27-/m0/s1. The van der Waals surface area contributed by atoms with E-state index in [0.29, 0.717) is 23.7 Å². The lowest BCUT2D eigenvalue weighted by molar-refractivity contribution is -0.151. The highest BCUT2D eigenvalue weighted by Gasteiger charge is 2.44. The average Bonchev–Trinajstić information content (AvgIpc) is 3.39. The molecule has 1 aliphatic rings. The van der Waals surface area contributed by atoms with Crippen LogP contribution in [0.25, 0.3) is 0 Å². The third kappa shape index (κ3) is 5.54. The van der Waals surface area contributed by atoms with Crippen LogP contribution < -0.4 is 9.47 Å². The van der Waals surface area contributed by atoms with Crippen LogP contribution in [0.3, 0.4) is 0 Å². The largest absolute Gasteiger partial charge is 0.485 e. The molecule has 0 unspecified atom stereocenters. The second-order valence-corrected chi connectivity index (χ2v) is 9.12. The van der Waals surface area contributed by atoms with Crippen LogP contribution in [0.4, 0.5) is 0 Å². The van der Waals surface area contributed by atoms with E-state index in [9.17, 15) is 9.59 Å². The summed E-state index contributed by atoms with van der Waals surface area (Å²) < 4.78 is 17.5. The van der Waals surface area contributed by atoms with Gasteiger partial charge in [0.2, 0.25) is 5.91 Å². The first kappa shape index (κ1) is 25.1. The molecule has 2 atom stereocenters. The molecule has 6 heteroatoms. The minimum Gasteiger partial charge on any atom is -0.485 e. The second kappa shape index (κ2) is 11.6. The Balaban J connectivity index is 1.42. The number of rotatable bonds is 8. The zero-order chi connectivity index (χ0) is 26.3. The number of ether oxygens (including phenoxy) is 3. The summed E-state index contributed by atoms with van der Waals surface area (Å²) in [4.78, 5) is 28.6. The highest BCUT2D eigenvalue weighted by Crippen LogP contribution is 2.36. The van der Waals surface area contributed by atoms with Crippen molar-refractivity contribution in [3.63, 3.8) is 0 Å². The van der Waals surface area contributed by atoms with Crippen LogP contribution in [0.5, 0.6) is 17.2 Å². The number of methoxy groups -OCH3 is 1. The molecule has 0 N–H and O–H groups in total. The molecule has 0 aliphatic carbocycles. The Labute approximate surface area is 222 Å². The lowest BCUT2D eigenvalue weighted by Gasteiger charge is -2.28. The van der Waals surface area contributed by atoms with Crippen molar-refractivity contribution < 1.29 is 23.8 Å². The SMILES string of the molecule is COC(=O)[C@@H]1C[C@H](Oc2ccccc2Oc2ccccc2)CN1C(=O)C(c1ccccc1)c1ccccc1. The van der Waals surface area contributed by atoms with Crippen molar-refractivity contribution in [2.24, 2.45) is 0 Å². The van der Waals surface area contributed by atoms with Crippen molar-refractivity contribution in [2.45, 2.75) is 24.5 Å². The van der Waals surface area contributed by atoms with Gasteiger partial charge in [0.1, 0.15) is 17.9 Å². The van der Waals surface area contributed by atoms with Gasteiger partial charge in [0.15, 0.2) is 11.5 Å². The van der Waals surface area contributed by atoms with E-state index in [2.05, 4.69) is 0 Å². The number of esters is 1. The molecule has 0 bridgehead atoms. The molecule has 38 heavy (non-hydrogen) atoms. The van der Waals surface area contributed by atoms with E-state index in [1.165, 1.54) is 7.11 Å². The molecule has 1 heterocycles. The highest BCUT2D eigenvalue weighted by molar-refractivity contribution is 5.91. The van der Waals surface area contributed by atoms with E-state index >= 15 is 0 Å². The van der Waals surface area contributed by atoms with Gasteiger partial charge >= 0.3 is 5.97 Å². The Hall–Kier alpha value is -4.58. The number of nitrogens with zero attached hydrogens (tertiary/aromatic N) is 1. The first-order valence-corrected chi connectivity index (χ1v) is 12.6. The maximum atomic E-state index is 14.1. The lowest BCUT2D eigenvalue weighted by Crippen LogP contribution is -2.44. The van der Waals surface area contributed by atoms with Gasteiger partial charge in [-0.05, 0) is 35.4 Å². The summed E-state index contributed by atoms with van der Waals surface area (Å²) in [5.74, 6) is 0.604. The summed E-state index contributed by atoms with van der Waals surface area (Å²) in [6.45, 7) is 0.244. The number of carbonyl (C=O) groups is 2. The average molecular weight is 508 g/mol. The monoisotopic (exact) mass is 507 g/mol. The van der Waals surface area contributed by atoms with Crippen LogP contribution in [-0.4, -0.2) is 42.6 Å². The van der Waals surface area contributed by atoms with Crippen molar-refractivity contribution in [1.29, 1.82) is 0 Å². The van der Waals surface area contributed by atoms with Crippen molar-refractivity contribution in [2.75, 3.05) is 13.7 Å². The van der Waals surface area contributed by atoms with E-state index in [1.807, 2.05) is 115 Å². The molecule has 6 nitrogen and oxygen atoms in total. The predicted octanol–water partition coefficient (Wildman–Crippen LogP) is 5.83. The number of para-hydroxylation sites is 3. The molecule has 1 saturated heterocycles. The zero-order valence-corrected chi connectivity index (χ0v) is 21.1. The van der Waals surface area contributed by atoms with Gasteiger partial charge < -0.3 is 19.1 Å². The third-order valence-electron chi connectivity index (χ3n) is 6.65. The van der Waals surface area contributed by atoms with Gasteiger partial charge in [-0.3, -0.25) is 4.79 Å². The molecule has 0 aromatic heterocycles. The number of likely N-dealkylation sites (tertiary alicyclic amines) is 1. The number of hydrogen-bond acceptors (Lipinski definition) is 5. The van der Waals surface area contributed by atoms with Crippen LogP contribution in [0.15, 0.2) is 115 Å². The van der Waals surface area contributed by atoms with Gasteiger partial charge in [-0.1, -0.05) is 91.0 Å². The van der Waals surface area contributed by atoms with Crippen LogP contribution in [-0.2, 0) is 14.3 Å². The minimum absolute atomic E-state index is 0.169. The molecule has 5 rings (SSSR count). The van der Waals surface area contributed by atoms with Crippen LogP contribution in [0.2, 0.25) is 0 Å². The van der Waals surface area contributed by atoms with E-state index in [0.717, 1.165) is 11.1 Å². The Morgan fingerprint density at radius 1 is 0.737 bits per heavy atom. The molecule has 192 valence electrons. The van der Waals surface area contributed by atoms with Gasteiger partial charge in [0.25, 0.3) is 0 Å². The normalized spacial score (nSPS) is 16.7. The maximum Gasteiger partial charge on any atom is 0.328 e. The Morgan fingerprint density at radius 2 is 1.26 bits per heavy atom. The molecule has 1 fully saturated rings. The van der Waals surface area contributed by atoms with Gasteiger partial charge in [-0.15, -0.1) is 0 Å². The molecule has 4 aromatic carbocycles. The number of benzene rings is 4. The molecule has 1 amide bonds. The van der Waals surface area contributed by atoms with Crippen molar-refractivity contribution >= 4 is 11.9 Å². The van der Waals surface area contributed by atoms with Gasteiger partial charge in [0.05, 0.1) is 19.6 Å². The smallest absolute Gasteiger partial charge is 0.328 e. The van der Waals surface area contributed by atoms with Gasteiger partial charge in [-0.25, -0.2) is 4.79 Å². The van der Waals surface area contributed by atoms with Gasteiger partial charge in [0, 0.05) is 6.42 Å². The minimum atomic E-state index is -0.755. The molecule has 0 spiro atoms. The molecular formula is C32H29NO5. The summed E-state index contributed by atoms with van der Waals surface area (Å²) in [5, 5.41) is 0. The van der Waals surface area contributed by atoms with E-state index in [1.54, 1.807) is 4.90 Å². The second-order valence-electron chi connectivity index (χ2n) is 9.12. The summed E-state index contributed by atoms with van der Waals surface area (Å²) in [6, 6.07) is 35.3. The van der Waals surface area contributed by atoms with Crippen LogP contribution >= 0.6 is 0 Å². The first-order chi connectivity index (χ1) is 18.6. The predicted molar refractivity (Wildman–Crippen MR) is 144 cm³/mol. The van der Waals surface area contributed by atoms with E-state index in [-0.39, 0.29) is 12.5 Å². The zero-order valence-electron chi connectivity index (χ0n) is 21.1. The maximum absolute atomic E-state index is 14.1. The Morgan fingerprint density at radius 3 is 1.84 bits per heavy atom. The first-order valence-electron chi connectivity index (χ1n) is 12.6. The topological polar surface area (TPSA) is 65.1 Å². The van der Waals surface area contributed by atoms with Crippen LogP contribution in [0.1, 0.15) is 23.5 Å². The van der Waals surface area contributed by atoms with Crippen molar-refractivity contribution in [3.8, 4) is 17.2 Å². The van der Waals surface area contributed by atoms with E-state index in [4.69, 9.17) is 14.2 Å². The van der Waals surface area contributed by atoms with Gasteiger partial charge in [-0.2, -0.15) is 0 Å². The number of amides is 1. The van der Waals surface area contributed by atoms with E-state index < -0.39 is 24.0 Å². The summed E-state index contributed by atoms with van der Waals surface area (Å²) in [5.41, 5.74) is 1.72. The Bertz CT molecular complexity index is 1320. The third-order valence-corrected chi connectivity index (χ3v) is 6.65. The number of hydrogen-bond donors (Lipinski definition) is 0. The molecule has 1 aliphatic heterocycles. The van der Waals surface area contributed by atoms with Crippen molar-refractivity contribution in [1.82, 2.24) is 4.90 Å². The lowest BCUT2D eigenvalue weighted by atomic mass is 9.90.